The van der Waals surface area contributed by atoms with Gasteiger partial charge in [-0.1, -0.05) is 44.0 Å². The van der Waals surface area contributed by atoms with Gasteiger partial charge in [-0.05, 0) is 18.6 Å². The molecule has 1 atom stereocenters. The summed E-state index contributed by atoms with van der Waals surface area (Å²) in [6.07, 6.45) is 0. The molecule has 0 saturated heterocycles. The van der Waals surface area contributed by atoms with Crippen LogP contribution in [0.2, 0.25) is 0 Å². The molecule has 1 nitrogen and oxygen atoms in total. The number of hydrogen-bond donors (Lipinski definition) is 0. The number of alkyl halides is 2. The zero-order valence-electron chi connectivity index (χ0n) is 7.56. The average molecular weight is 324 g/mol. The SMILES string of the molecule is CC(Br)C(=O)c1c(Br)cccc1CF. The van der Waals surface area contributed by atoms with E-state index in [9.17, 15) is 9.18 Å². The zero-order valence-corrected chi connectivity index (χ0v) is 10.7. The molecule has 0 aliphatic heterocycles. The Morgan fingerprint density at radius 3 is 2.71 bits per heavy atom. The molecule has 1 aromatic carbocycles. The third-order valence-electron chi connectivity index (χ3n) is 1.85. The molecule has 76 valence electrons. The number of halogens is 3. The maximum Gasteiger partial charge on any atom is 0.177 e. The maximum atomic E-state index is 12.6. The summed E-state index contributed by atoms with van der Waals surface area (Å²) in [6, 6.07) is 5.07. The molecule has 0 fully saturated rings. The molecular weight excluding hydrogens is 315 g/mol. The van der Waals surface area contributed by atoms with Crippen LogP contribution in [0.1, 0.15) is 22.8 Å². The van der Waals surface area contributed by atoms with Crippen molar-refractivity contribution in [2.75, 3.05) is 0 Å². The van der Waals surface area contributed by atoms with Crippen LogP contribution < -0.4 is 0 Å². The minimum absolute atomic E-state index is 0.106. The number of carbonyl (C=O) groups is 1. The van der Waals surface area contributed by atoms with Crippen LogP contribution in [0.25, 0.3) is 0 Å². The van der Waals surface area contributed by atoms with E-state index in [1.165, 1.54) is 0 Å². The number of benzene rings is 1. The molecule has 1 unspecified atom stereocenters. The molecule has 0 aliphatic rings. The lowest BCUT2D eigenvalue weighted by molar-refractivity contribution is 0.0993. The smallest absolute Gasteiger partial charge is 0.177 e. The molecule has 0 N–H and O–H groups in total. The summed E-state index contributed by atoms with van der Waals surface area (Å²) in [5, 5.41) is 0. The van der Waals surface area contributed by atoms with E-state index < -0.39 is 6.67 Å². The van der Waals surface area contributed by atoms with Gasteiger partial charge in [-0.15, -0.1) is 0 Å². The Hall–Kier alpha value is -0.220. The topological polar surface area (TPSA) is 17.1 Å². The predicted octanol–water partition coefficient (Wildman–Crippen LogP) is 3.88. The fourth-order valence-electron chi connectivity index (χ4n) is 1.15. The highest BCUT2D eigenvalue weighted by atomic mass is 79.9. The van der Waals surface area contributed by atoms with E-state index in [1.807, 2.05) is 0 Å². The minimum Gasteiger partial charge on any atom is -0.293 e. The van der Waals surface area contributed by atoms with Crippen molar-refractivity contribution in [3.8, 4) is 0 Å². The summed E-state index contributed by atoms with van der Waals surface area (Å²) in [4.78, 5) is 11.4. The molecule has 0 aromatic heterocycles. The van der Waals surface area contributed by atoms with Gasteiger partial charge in [-0.3, -0.25) is 4.79 Å². The second-order valence-corrected chi connectivity index (χ2v) is 5.12. The highest BCUT2D eigenvalue weighted by molar-refractivity contribution is 9.10. The van der Waals surface area contributed by atoms with Gasteiger partial charge in [0, 0.05) is 10.0 Å². The van der Waals surface area contributed by atoms with Crippen LogP contribution in [-0.2, 0) is 6.67 Å². The van der Waals surface area contributed by atoms with E-state index >= 15 is 0 Å². The highest BCUT2D eigenvalue weighted by Gasteiger charge is 2.18. The number of Topliss-reactive ketones (excluding diaryl/α,β-unsaturated/α-hetero) is 1. The Morgan fingerprint density at radius 2 is 2.21 bits per heavy atom. The second kappa shape index (κ2) is 5.03. The molecule has 0 radical (unpaired) electrons. The zero-order chi connectivity index (χ0) is 10.7. The molecule has 4 heteroatoms. The molecule has 1 aromatic rings. The fourth-order valence-corrected chi connectivity index (χ4v) is 1.99. The van der Waals surface area contributed by atoms with Crippen molar-refractivity contribution in [1.29, 1.82) is 0 Å². The van der Waals surface area contributed by atoms with E-state index in [4.69, 9.17) is 0 Å². The van der Waals surface area contributed by atoms with Crippen LogP contribution in [-0.4, -0.2) is 10.6 Å². The van der Waals surface area contributed by atoms with Crippen LogP contribution in [0.15, 0.2) is 22.7 Å². The average Bonchev–Trinajstić information content (AvgIpc) is 2.16. The molecule has 0 amide bonds. The summed E-state index contributed by atoms with van der Waals surface area (Å²) in [5.41, 5.74) is 0.857. The van der Waals surface area contributed by atoms with Crippen molar-refractivity contribution in [2.45, 2.75) is 18.4 Å². The second-order valence-electron chi connectivity index (χ2n) is 2.89. The Labute approximate surface area is 99.0 Å². The van der Waals surface area contributed by atoms with Crippen LogP contribution in [0.5, 0.6) is 0 Å². The van der Waals surface area contributed by atoms with Crippen molar-refractivity contribution in [3.05, 3.63) is 33.8 Å². The summed E-state index contributed by atoms with van der Waals surface area (Å²) in [5.74, 6) is -0.106. The quantitative estimate of drug-likeness (QED) is 0.609. The largest absolute Gasteiger partial charge is 0.293 e. The summed E-state index contributed by atoms with van der Waals surface area (Å²) in [7, 11) is 0. The predicted molar refractivity (Wildman–Crippen MR) is 61.7 cm³/mol. The van der Waals surface area contributed by atoms with Gasteiger partial charge in [0.25, 0.3) is 0 Å². The van der Waals surface area contributed by atoms with Gasteiger partial charge < -0.3 is 0 Å². The van der Waals surface area contributed by atoms with Gasteiger partial charge >= 0.3 is 0 Å². The molecule has 1 rings (SSSR count). The highest BCUT2D eigenvalue weighted by Crippen LogP contribution is 2.24. The van der Waals surface area contributed by atoms with Gasteiger partial charge in [0.2, 0.25) is 0 Å². The Balaban J connectivity index is 3.23. The molecule has 14 heavy (non-hydrogen) atoms. The lowest BCUT2D eigenvalue weighted by Crippen LogP contribution is -2.13. The Kier molecular flexibility index (Phi) is 4.26. The van der Waals surface area contributed by atoms with Gasteiger partial charge in [-0.25, -0.2) is 4.39 Å². The standard InChI is InChI=1S/C10H9Br2FO/c1-6(11)10(14)9-7(5-13)3-2-4-8(9)12/h2-4,6H,5H2,1H3. The van der Waals surface area contributed by atoms with Crippen molar-refractivity contribution in [3.63, 3.8) is 0 Å². The molecule has 0 saturated carbocycles. The van der Waals surface area contributed by atoms with Gasteiger partial charge in [-0.2, -0.15) is 0 Å². The van der Waals surface area contributed by atoms with Crippen molar-refractivity contribution in [2.24, 2.45) is 0 Å². The van der Waals surface area contributed by atoms with Crippen molar-refractivity contribution >= 4 is 37.6 Å². The number of hydrogen-bond acceptors (Lipinski definition) is 1. The lowest BCUT2D eigenvalue weighted by atomic mass is 10.0. The first-order valence-electron chi connectivity index (χ1n) is 4.09. The molecular formula is C10H9Br2FO. The summed E-state index contributed by atoms with van der Waals surface area (Å²) < 4.78 is 13.2. The maximum absolute atomic E-state index is 12.6. The van der Waals surface area contributed by atoms with E-state index in [2.05, 4.69) is 31.9 Å². The molecule has 0 aliphatic carbocycles. The number of ketones is 1. The third kappa shape index (κ3) is 2.42. The van der Waals surface area contributed by atoms with Crippen LogP contribution in [0.4, 0.5) is 4.39 Å². The summed E-state index contributed by atoms with van der Waals surface area (Å²) in [6.45, 7) is 1.10. The van der Waals surface area contributed by atoms with E-state index in [-0.39, 0.29) is 10.6 Å². The fraction of sp³-hybridized carbons (Fsp3) is 0.300. The normalized spacial score (nSPS) is 12.6. The number of rotatable bonds is 3. The number of carbonyl (C=O) groups excluding carboxylic acids is 1. The molecule has 0 bridgehead atoms. The minimum atomic E-state index is -0.625. The van der Waals surface area contributed by atoms with Gasteiger partial charge in [0.05, 0.1) is 4.83 Å². The van der Waals surface area contributed by atoms with E-state index in [1.54, 1.807) is 25.1 Å². The van der Waals surface area contributed by atoms with Crippen molar-refractivity contribution < 1.29 is 9.18 Å². The van der Waals surface area contributed by atoms with Crippen molar-refractivity contribution in [1.82, 2.24) is 0 Å². The lowest BCUT2D eigenvalue weighted by Gasteiger charge is -2.09. The Bertz CT molecular complexity index is 350. The van der Waals surface area contributed by atoms with Gasteiger partial charge in [0.15, 0.2) is 5.78 Å². The van der Waals surface area contributed by atoms with E-state index in [0.29, 0.717) is 15.6 Å². The first kappa shape index (κ1) is 11.9. The monoisotopic (exact) mass is 322 g/mol. The first-order chi connectivity index (χ1) is 6.57. The van der Waals surface area contributed by atoms with Crippen LogP contribution in [0.3, 0.4) is 0 Å². The Morgan fingerprint density at radius 1 is 1.57 bits per heavy atom. The molecule has 0 spiro atoms. The first-order valence-corrected chi connectivity index (χ1v) is 5.80. The van der Waals surface area contributed by atoms with Crippen LogP contribution >= 0.6 is 31.9 Å². The summed E-state index contributed by atoms with van der Waals surface area (Å²) >= 11 is 6.43. The van der Waals surface area contributed by atoms with E-state index in [0.717, 1.165) is 0 Å². The molecule has 0 heterocycles. The van der Waals surface area contributed by atoms with Gasteiger partial charge in [0.1, 0.15) is 6.67 Å². The van der Waals surface area contributed by atoms with Crippen LogP contribution in [0, 0.1) is 0 Å². The third-order valence-corrected chi connectivity index (χ3v) is 2.93.